The number of nitrogens with zero attached hydrogens (tertiary/aromatic N) is 1. The van der Waals surface area contributed by atoms with Gasteiger partial charge >= 0.3 is 6.36 Å². The average molecular weight is 330 g/mol. The molecule has 2 heterocycles. The highest BCUT2D eigenvalue weighted by Gasteiger charge is 2.32. The first-order valence-corrected chi connectivity index (χ1v) is 7.59. The van der Waals surface area contributed by atoms with E-state index in [2.05, 4.69) is 21.5 Å². The van der Waals surface area contributed by atoms with Crippen molar-refractivity contribution < 1.29 is 22.3 Å². The predicted molar refractivity (Wildman–Crippen MR) is 78.6 cm³/mol. The third-order valence-corrected chi connectivity index (χ3v) is 4.22. The van der Waals surface area contributed by atoms with Crippen molar-refractivity contribution in [2.75, 3.05) is 13.1 Å². The van der Waals surface area contributed by atoms with Crippen molar-refractivity contribution in [2.45, 2.75) is 32.7 Å². The third-order valence-electron chi connectivity index (χ3n) is 4.22. The molecular weight excluding hydrogens is 312 g/mol. The van der Waals surface area contributed by atoms with E-state index in [1.807, 2.05) is 0 Å². The fourth-order valence-corrected chi connectivity index (χ4v) is 2.94. The van der Waals surface area contributed by atoms with E-state index in [1.54, 1.807) is 6.07 Å². The van der Waals surface area contributed by atoms with E-state index in [4.69, 9.17) is 0 Å². The average Bonchev–Trinajstić information content (AvgIpc) is 2.81. The number of piperidine rings is 1. The number of H-pyrrole nitrogens is 1. The quantitative estimate of drug-likeness (QED) is 0.843. The normalized spacial score (nSPS) is 17.8. The minimum Gasteiger partial charge on any atom is -0.403 e. The van der Waals surface area contributed by atoms with Crippen LogP contribution >= 0.6 is 0 Å². The molecule has 0 aliphatic carbocycles. The number of ether oxygens (including phenoxy) is 1. The summed E-state index contributed by atoms with van der Waals surface area (Å²) >= 11 is 0. The second-order valence-electron chi connectivity index (χ2n) is 6.17. The summed E-state index contributed by atoms with van der Waals surface area (Å²) in [6.07, 6.45) is -2.63. The number of hydrogen-bond donors (Lipinski definition) is 1. The van der Waals surface area contributed by atoms with Crippen LogP contribution in [0.3, 0.4) is 0 Å². The van der Waals surface area contributed by atoms with Gasteiger partial charge in [-0.25, -0.2) is 4.39 Å². The molecule has 0 atom stereocenters. The fourth-order valence-electron chi connectivity index (χ4n) is 2.94. The lowest BCUT2D eigenvalue weighted by Crippen LogP contribution is -2.32. The summed E-state index contributed by atoms with van der Waals surface area (Å²) in [5.41, 5.74) is 1.33. The second-order valence-corrected chi connectivity index (χ2v) is 6.17. The van der Waals surface area contributed by atoms with E-state index in [0.29, 0.717) is 17.4 Å². The van der Waals surface area contributed by atoms with Crippen LogP contribution in [-0.2, 0) is 6.54 Å². The van der Waals surface area contributed by atoms with Gasteiger partial charge in [0.25, 0.3) is 0 Å². The molecule has 7 heteroatoms. The maximum absolute atomic E-state index is 13.7. The molecule has 0 radical (unpaired) electrons. The molecule has 1 aliphatic rings. The number of alkyl halides is 3. The lowest BCUT2D eigenvalue weighted by Gasteiger charge is -2.29. The van der Waals surface area contributed by atoms with Gasteiger partial charge in [-0.1, -0.05) is 6.92 Å². The fraction of sp³-hybridized carbons (Fsp3) is 0.500. The summed E-state index contributed by atoms with van der Waals surface area (Å²) < 4.78 is 54.2. The molecule has 1 N–H and O–H groups in total. The number of likely N-dealkylation sites (tertiary alicyclic amines) is 1. The highest BCUT2D eigenvalue weighted by Crippen LogP contribution is 2.30. The summed E-state index contributed by atoms with van der Waals surface area (Å²) in [5, 5.41) is 0.506. The van der Waals surface area contributed by atoms with Crippen LogP contribution in [0.2, 0.25) is 0 Å². The molecule has 3 nitrogen and oxygen atoms in total. The van der Waals surface area contributed by atoms with Gasteiger partial charge in [0.2, 0.25) is 0 Å². The van der Waals surface area contributed by atoms with Crippen LogP contribution in [0.15, 0.2) is 18.2 Å². The summed E-state index contributed by atoms with van der Waals surface area (Å²) in [6.45, 7) is 4.89. The van der Waals surface area contributed by atoms with Crippen LogP contribution in [-0.4, -0.2) is 29.3 Å². The maximum atomic E-state index is 13.7. The van der Waals surface area contributed by atoms with Crippen molar-refractivity contribution in [1.29, 1.82) is 0 Å². The van der Waals surface area contributed by atoms with Crippen LogP contribution in [0.5, 0.6) is 5.75 Å². The van der Waals surface area contributed by atoms with Crippen LogP contribution < -0.4 is 4.74 Å². The Morgan fingerprint density at radius 2 is 1.91 bits per heavy atom. The maximum Gasteiger partial charge on any atom is 0.573 e. The van der Waals surface area contributed by atoms with Gasteiger partial charge in [0, 0.05) is 29.2 Å². The number of rotatable bonds is 3. The van der Waals surface area contributed by atoms with E-state index in [0.717, 1.165) is 49.7 Å². The molecule has 1 saturated heterocycles. The lowest BCUT2D eigenvalue weighted by atomic mass is 9.99. The molecule has 0 saturated carbocycles. The topological polar surface area (TPSA) is 28.3 Å². The van der Waals surface area contributed by atoms with Crippen molar-refractivity contribution in [3.63, 3.8) is 0 Å². The molecule has 1 aliphatic heterocycles. The molecule has 0 spiro atoms. The van der Waals surface area contributed by atoms with Crippen LogP contribution in [0, 0.1) is 11.7 Å². The smallest absolute Gasteiger partial charge is 0.403 e. The first-order chi connectivity index (χ1) is 10.8. The molecule has 3 rings (SSSR count). The lowest BCUT2D eigenvalue weighted by molar-refractivity contribution is -0.275. The molecule has 1 aromatic carbocycles. The highest BCUT2D eigenvalue weighted by atomic mass is 19.4. The van der Waals surface area contributed by atoms with Gasteiger partial charge in [0.05, 0.1) is 0 Å². The summed E-state index contributed by atoms with van der Waals surface area (Å²) in [6, 6.07) is 3.87. The van der Waals surface area contributed by atoms with Crippen molar-refractivity contribution in [2.24, 2.45) is 5.92 Å². The zero-order valence-electron chi connectivity index (χ0n) is 12.7. The van der Waals surface area contributed by atoms with E-state index >= 15 is 0 Å². The number of halogens is 4. The van der Waals surface area contributed by atoms with Crippen molar-refractivity contribution in [3.05, 3.63) is 29.7 Å². The number of fused-ring (bicyclic) bond motifs is 1. The summed E-state index contributed by atoms with van der Waals surface area (Å²) in [7, 11) is 0. The Morgan fingerprint density at radius 3 is 2.57 bits per heavy atom. The molecule has 0 bridgehead atoms. The minimum atomic E-state index is -4.90. The summed E-state index contributed by atoms with van der Waals surface area (Å²) in [5.74, 6) is -1.11. The van der Waals surface area contributed by atoms with E-state index in [-0.39, 0.29) is 0 Å². The molecule has 126 valence electrons. The first-order valence-electron chi connectivity index (χ1n) is 7.59. The SMILES string of the molecule is CC1CCN(Cc2cc3cc(OC(F)(F)F)c(F)cc3[nH]2)CC1. The zero-order chi connectivity index (χ0) is 16.6. The Balaban J connectivity index is 1.79. The largest absolute Gasteiger partial charge is 0.573 e. The van der Waals surface area contributed by atoms with Crippen molar-refractivity contribution in [3.8, 4) is 5.75 Å². The molecule has 1 aromatic heterocycles. The van der Waals surface area contributed by atoms with Crippen LogP contribution in [0.4, 0.5) is 17.6 Å². The van der Waals surface area contributed by atoms with Gasteiger partial charge in [-0.15, -0.1) is 13.2 Å². The van der Waals surface area contributed by atoms with E-state index in [1.165, 1.54) is 0 Å². The van der Waals surface area contributed by atoms with Crippen molar-refractivity contribution in [1.82, 2.24) is 9.88 Å². The molecular formula is C16H18F4N2O. The predicted octanol–water partition coefficient (Wildman–Crippen LogP) is 4.44. The highest BCUT2D eigenvalue weighted by molar-refractivity contribution is 5.82. The zero-order valence-corrected chi connectivity index (χ0v) is 12.7. The Bertz CT molecular complexity index is 687. The second kappa shape index (κ2) is 6.03. The first kappa shape index (κ1) is 16.1. The standard InChI is InChI=1S/C16H18F4N2O/c1-10-2-4-22(5-3-10)9-12-6-11-7-15(23-16(18,19)20)13(17)8-14(11)21-12/h6-8,10,21H,2-5,9H2,1H3. The Kier molecular flexibility index (Phi) is 4.23. The molecule has 23 heavy (non-hydrogen) atoms. The number of aromatic nitrogens is 1. The Hall–Kier alpha value is -1.76. The van der Waals surface area contributed by atoms with Crippen LogP contribution in [0.25, 0.3) is 10.9 Å². The number of aromatic amines is 1. The molecule has 1 fully saturated rings. The number of nitrogens with one attached hydrogen (secondary N) is 1. The Labute approximate surface area is 131 Å². The minimum absolute atomic E-state index is 0.470. The van der Waals surface area contributed by atoms with Crippen LogP contribution in [0.1, 0.15) is 25.5 Å². The summed E-state index contributed by atoms with van der Waals surface area (Å²) in [4.78, 5) is 5.35. The number of hydrogen-bond acceptors (Lipinski definition) is 2. The molecule has 2 aromatic rings. The monoisotopic (exact) mass is 330 g/mol. The van der Waals surface area contributed by atoms with Gasteiger partial charge in [-0.05, 0) is 44.0 Å². The van der Waals surface area contributed by atoms with E-state index < -0.39 is 17.9 Å². The molecule has 0 unspecified atom stereocenters. The Morgan fingerprint density at radius 1 is 1.22 bits per heavy atom. The van der Waals surface area contributed by atoms with Gasteiger partial charge in [-0.3, -0.25) is 4.90 Å². The van der Waals surface area contributed by atoms with Gasteiger partial charge < -0.3 is 9.72 Å². The van der Waals surface area contributed by atoms with Crippen molar-refractivity contribution >= 4 is 10.9 Å². The third kappa shape index (κ3) is 3.96. The van der Waals surface area contributed by atoms with Gasteiger partial charge in [-0.2, -0.15) is 0 Å². The van der Waals surface area contributed by atoms with E-state index in [9.17, 15) is 17.6 Å². The number of benzene rings is 1. The molecule has 0 amide bonds. The van der Waals surface area contributed by atoms with Gasteiger partial charge in [0.1, 0.15) is 0 Å². The van der Waals surface area contributed by atoms with Gasteiger partial charge in [0.15, 0.2) is 11.6 Å².